The van der Waals surface area contributed by atoms with Gasteiger partial charge >= 0.3 is 0 Å². The van der Waals surface area contributed by atoms with Gasteiger partial charge in [0.1, 0.15) is 22.2 Å². The van der Waals surface area contributed by atoms with Gasteiger partial charge < -0.3 is 11.1 Å². The summed E-state index contributed by atoms with van der Waals surface area (Å²) in [6, 6.07) is 3.33. The van der Waals surface area contributed by atoms with Crippen molar-refractivity contribution in [2.45, 2.75) is 12.8 Å². The van der Waals surface area contributed by atoms with Gasteiger partial charge in [-0.15, -0.1) is 0 Å². The van der Waals surface area contributed by atoms with Gasteiger partial charge in [-0.05, 0) is 42.8 Å². The second-order valence-corrected chi connectivity index (χ2v) is 4.87. The summed E-state index contributed by atoms with van der Waals surface area (Å²) in [6.45, 7) is 0. The molecule has 4 nitrogen and oxygen atoms in total. The summed E-state index contributed by atoms with van der Waals surface area (Å²) < 4.78 is 26.8. The first-order chi connectivity index (χ1) is 9.04. The molecule has 0 radical (unpaired) electrons. The Morgan fingerprint density at radius 2 is 1.89 bits per heavy atom. The van der Waals surface area contributed by atoms with E-state index in [0.717, 1.165) is 25.0 Å². The highest BCUT2D eigenvalue weighted by atomic mass is 32.2. The maximum Gasteiger partial charge on any atom is 0.265 e. The maximum atomic E-state index is 13.4. The number of hydrogen-bond donors (Lipinski definition) is 3. The summed E-state index contributed by atoms with van der Waals surface area (Å²) in [5.41, 5.74) is 5.67. The lowest BCUT2D eigenvalue weighted by atomic mass is 10.2. The molecule has 1 aromatic carbocycles. The van der Waals surface area contributed by atoms with Crippen molar-refractivity contribution in [1.82, 2.24) is 0 Å². The number of hydrogen-bond acceptors (Lipinski definition) is 4. The highest BCUT2D eigenvalue weighted by Gasteiger charge is 2.29. The van der Waals surface area contributed by atoms with Gasteiger partial charge in [0.25, 0.3) is 5.91 Å². The molecule has 1 aromatic rings. The maximum absolute atomic E-state index is 13.4. The molecule has 1 fully saturated rings. The highest BCUT2D eigenvalue weighted by Crippen LogP contribution is 2.37. The average molecular weight is 285 g/mol. The second-order valence-electron chi connectivity index (χ2n) is 4.23. The van der Waals surface area contributed by atoms with Crippen molar-refractivity contribution in [3.8, 4) is 0 Å². The first kappa shape index (κ1) is 13.8. The summed E-state index contributed by atoms with van der Waals surface area (Å²) in [4.78, 5) is 12.0. The Morgan fingerprint density at radius 3 is 2.37 bits per heavy atom. The molecule has 102 valence electrons. The van der Waals surface area contributed by atoms with E-state index in [1.807, 2.05) is 0 Å². The molecular weight excluding hydrogens is 272 g/mol. The zero-order valence-electron chi connectivity index (χ0n) is 9.95. The predicted molar refractivity (Wildman–Crippen MR) is 70.7 cm³/mol. The molecule has 1 aliphatic rings. The molecule has 0 unspecified atom stereocenters. The van der Waals surface area contributed by atoms with E-state index in [1.54, 1.807) is 0 Å². The summed E-state index contributed by atoms with van der Waals surface area (Å²) in [5.74, 6) is -2.25. The first-order valence-corrected chi connectivity index (χ1v) is 6.54. The molecule has 5 N–H and O–H groups in total. The van der Waals surface area contributed by atoms with Crippen LogP contribution >= 0.6 is 11.9 Å². The SMILES string of the molecule is NS/C(C(=O)Nc1c(F)cccc1F)=C(\N)C1CC1. The van der Waals surface area contributed by atoms with Crippen LogP contribution in [-0.4, -0.2) is 5.91 Å². The normalized spacial score (nSPS) is 15.9. The van der Waals surface area contributed by atoms with Crippen LogP contribution < -0.4 is 16.2 Å². The number of rotatable bonds is 4. The molecule has 1 amide bonds. The lowest BCUT2D eigenvalue weighted by Gasteiger charge is -2.10. The van der Waals surface area contributed by atoms with E-state index in [2.05, 4.69) is 5.32 Å². The van der Waals surface area contributed by atoms with Crippen LogP contribution in [0.1, 0.15) is 12.8 Å². The Labute approximate surface area is 113 Å². The van der Waals surface area contributed by atoms with Crippen molar-refractivity contribution in [3.63, 3.8) is 0 Å². The minimum Gasteiger partial charge on any atom is -0.401 e. The molecule has 0 heterocycles. The molecule has 19 heavy (non-hydrogen) atoms. The van der Waals surface area contributed by atoms with Gasteiger partial charge in [0.05, 0.1) is 0 Å². The Balaban J connectivity index is 2.23. The fraction of sp³-hybridized carbons (Fsp3) is 0.250. The molecule has 1 aliphatic carbocycles. The van der Waals surface area contributed by atoms with Crippen LogP contribution in [-0.2, 0) is 4.79 Å². The van der Waals surface area contributed by atoms with E-state index in [-0.39, 0.29) is 10.8 Å². The number of nitrogens with one attached hydrogen (secondary N) is 1. The number of anilines is 1. The van der Waals surface area contributed by atoms with Gasteiger partial charge in [0.15, 0.2) is 0 Å². The molecule has 0 aliphatic heterocycles. The second kappa shape index (κ2) is 5.58. The molecule has 0 saturated heterocycles. The molecule has 0 bridgehead atoms. The van der Waals surface area contributed by atoms with Crippen LogP contribution in [0.4, 0.5) is 14.5 Å². The Morgan fingerprint density at radius 1 is 1.32 bits per heavy atom. The topological polar surface area (TPSA) is 81.1 Å². The largest absolute Gasteiger partial charge is 0.401 e. The zero-order valence-corrected chi connectivity index (χ0v) is 10.8. The number of allylic oxidation sites excluding steroid dienone is 1. The van der Waals surface area contributed by atoms with Crippen molar-refractivity contribution < 1.29 is 13.6 Å². The number of benzene rings is 1. The van der Waals surface area contributed by atoms with Gasteiger partial charge in [0, 0.05) is 5.70 Å². The van der Waals surface area contributed by atoms with Crippen molar-refractivity contribution >= 4 is 23.5 Å². The van der Waals surface area contributed by atoms with E-state index in [9.17, 15) is 13.6 Å². The highest BCUT2D eigenvalue weighted by molar-refractivity contribution is 8.01. The summed E-state index contributed by atoms with van der Waals surface area (Å²) >= 11 is 0.683. The van der Waals surface area contributed by atoms with Crippen molar-refractivity contribution in [2.24, 2.45) is 16.8 Å². The van der Waals surface area contributed by atoms with Crippen molar-refractivity contribution in [2.75, 3.05) is 5.32 Å². The van der Waals surface area contributed by atoms with Crippen LogP contribution in [0, 0.1) is 17.6 Å². The van der Waals surface area contributed by atoms with E-state index >= 15 is 0 Å². The lowest BCUT2D eigenvalue weighted by molar-refractivity contribution is -0.112. The third-order valence-electron chi connectivity index (χ3n) is 2.80. The van der Waals surface area contributed by atoms with Crippen LogP contribution in [0.15, 0.2) is 28.8 Å². The Hall–Kier alpha value is -1.60. The molecule has 1 saturated carbocycles. The zero-order chi connectivity index (χ0) is 14.0. The van der Waals surface area contributed by atoms with Gasteiger partial charge in [-0.2, -0.15) is 0 Å². The minimum atomic E-state index is -0.847. The summed E-state index contributed by atoms with van der Waals surface area (Å²) in [6.07, 6.45) is 1.80. The number of amides is 1. The molecule has 0 aromatic heterocycles. The van der Waals surface area contributed by atoms with Gasteiger partial charge in [-0.1, -0.05) is 6.07 Å². The number of nitrogens with two attached hydrogens (primary N) is 2. The minimum absolute atomic E-state index is 0.102. The van der Waals surface area contributed by atoms with Crippen LogP contribution in [0.5, 0.6) is 0 Å². The van der Waals surface area contributed by atoms with E-state index in [0.29, 0.717) is 17.6 Å². The Bertz CT molecular complexity index is 524. The summed E-state index contributed by atoms with van der Waals surface area (Å²) in [7, 11) is 0. The first-order valence-electron chi connectivity index (χ1n) is 5.66. The molecule has 2 rings (SSSR count). The number of carbonyl (C=O) groups excluding carboxylic acids is 1. The number of carbonyl (C=O) groups is 1. The predicted octanol–water partition coefficient (Wildman–Crippen LogP) is 2.09. The van der Waals surface area contributed by atoms with E-state index in [1.165, 1.54) is 6.07 Å². The number of para-hydroxylation sites is 1. The third kappa shape index (κ3) is 3.05. The number of halogens is 2. The van der Waals surface area contributed by atoms with Gasteiger partial charge in [0.2, 0.25) is 0 Å². The molecule has 0 atom stereocenters. The van der Waals surface area contributed by atoms with Gasteiger partial charge in [-0.25, -0.2) is 8.78 Å². The monoisotopic (exact) mass is 285 g/mol. The molecule has 0 spiro atoms. The van der Waals surface area contributed by atoms with Crippen molar-refractivity contribution in [3.05, 3.63) is 40.4 Å². The lowest BCUT2D eigenvalue weighted by Crippen LogP contribution is -2.20. The summed E-state index contributed by atoms with van der Waals surface area (Å²) in [5, 5.41) is 7.57. The third-order valence-corrected chi connectivity index (χ3v) is 3.46. The van der Waals surface area contributed by atoms with Crippen LogP contribution in [0.2, 0.25) is 0 Å². The molecular formula is C12H13F2N3OS. The van der Waals surface area contributed by atoms with Gasteiger partial charge in [-0.3, -0.25) is 9.93 Å². The van der Waals surface area contributed by atoms with Crippen LogP contribution in [0.3, 0.4) is 0 Å². The van der Waals surface area contributed by atoms with Crippen LogP contribution in [0.25, 0.3) is 0 Å². The fourth-order valence-corrected chi connectivity index (χ4v) is 2.08. The fourth-order valence-electron chi connectivity index (χ4n) is 1.62. The smallest absolute Gasteiger partial charge is 0.265 e. The molecule has 7 heteroatoms. The Kier molecular flexibility index (Phi) is 4.06. The quantitative estimate of drug-likeness (QED) is 0.584. The van der Waals surface area contributed by atoms with E-state index in [4.69, 9.17) is 10.9 Å². The van der Waals surface area contributed by atoms with E-state index < -0.39 is 23.2 Å². The average Bonchev–Trinajstić information content (AvgIpc) is 3.19. The standard InChI is InChI=1S/C12H13F2N3OS/c13-7-2-1-3-8(14)10(7)17-12(18)11(19-16)9(15)6-4-5-6/h1-3,6H,4-5,15-16H2,(H,17,18)/b11-9-. The van der Waals surface area contributed by atoms with Crippen molar-refractivity contribution in [1.29, 1.82) is 0 Å².